The average Bonchev–Trinajstić information content (AvgIpc) is 2.47. The number of hydrogen-bond donors (Lipinski definition) is 2. The summed E-state index contributed by atoms with van der Waals surface area (Å²) in [5, 5.41) is 19.2. The highest BCUT2D eigenvalue weighted by molar-refractivity contribution is 9.10. The average molecular weight is 344 g/mol. The summed E-state index contributed by atoms with van der Waals surface area (Å²) in [6, 6.07) is 7.58. The van der Waals surface area contributed by atoms with Crippen molar-refractivity contribution >= 4 is 15.9 Å². The molecule has 0 aromatic heterocycles. The van der Waals surface area contributed by atoms with Gasteiger partial charge in [-0.25, -0.2) is 0 Å². The molecule has 2 unspecified atom stereocenters. The Bertz CT molecular complexity index is 399. The van der Waals surface area contributed by atoms with Gasteiger partial charge in [-0.2, -0.15) is 0 Å². The zero-order chi connectivity index (χ0) is 14.4. The molecular formula is C15H22BrNO3. The quantitative estimate of drug-likeness (QED) is 0.828. The number of likely N-dealkylation sites (tertiary alicyclic amines) is 1. The zero-order valence-electron chi connectivity index (χ0n) is 11.5. The van der Waals surface area contributed by atoms with Crippen LogP contribution in [0.5, 0.6) is 5.75 Å². The van der Waals surface area contributed by atoms with Gasteiger partial charge in [0.25, 0.3) is 0 Å². The Morgan fingerprint density at radius 3 is 2.80 bits per heavy atom. The number of aliphatic hydroxyl groups excluding tert-OH is 2. The third-order valence-electron chi connectivity index (χ3n) is 3.59. The molecule has 0 spiro atoms. The minimum Gasteiger partial charge on any atom is -0.491 e. The van der Waals surface area contributed by atoms with Gasteiger partial charge in [-0.3, -0.25) is 0 Å². The molecular weight excluding hydrogens is 322 g/mol. The number of hydrogen-bond acceptors (Lipinski definition) is 4. The highest BCUT2D eigenvalue weighted by Crippen LogP contribution is 2.17. The molecule has 1 aromatic carbocycles. The van der Waals surface area contributed by atoms with Crippen LogP contribution >= 0.6 is 15.9 Å². The Morgan fingerprint density at radius 1 is 1.35 bits per heavy atom. The van der Waals surface area contributed by atoms with E-state index in [1.165, 1.54) is 0 Å². The maximum Gasteiger partial charge on any atom is 0.119 e. The van der Waals surface area contributed by atoms with E-state index in [0.29, 0.717) is 19.1 Å². The zero-order valence-corrected chi connectivity index (χ0v) is 13.1. The first-order valence-corrected chi connectivity index (χ1v) is 7.86. The normalized spacial score (nSPS) is 21.6. The first-order valence-electron chi connectivity index (χ1n) is 7.07. The van der Waals surface area contributed by atoms with E-state index in [2.05, 4.69) is 20.8 Å². The topological polar surface area (TPSA) is 52.9 Å². The molecule has 5 heteroatoms. The lowest BCUT2D eigenvalue weighted by Crippen LogP contribution is -2.42. The third-order valence-corrected chi connectivity index (χ3v) is 4.11. The number of aliphatic hydroxyl groups is 2. The van der Waals surface area contributed by atoms with E-state index < -0.39 is 6.10 Å². The van der Waals surface area contributed by atoms with Gasteiger partial charge < -0.3 is 19.8 Å². The van der Waals surface area contributed by atoms with Crippen molar-refractivity contribution in [3.8, 4) is 5.75 Å². The van der Waals surface area contributed by atoms with Crippen molar-refractivity contribution in [2.75, 3.05) is 32.8 Å². The second-order valence-electron chi connectivity index (χ2n) is 5.37. The maximum atomic E-state index is 10.0. The molecule has 2 rings (SSSR count). The number of rotatable bonds is 6. The Morgan fingerprint density at radius 2 is 2.10 bits per heavy atom. The molecule has 0 radical (unpaired) electrons. The van der Waals surface area contributed by atoms with Crippen LogP contribution in [-0.4, -0.2) is 54.1 Å². The molecule has 0 aliphatic carbocycles. The fourth-order valence-electron chi connectivity index (χ4n) is 2.54. The van der Waals surface area contributed by atoms with Crippen molar-refractivity contribution in [1.82, 2.24) is 4.90 Å². The molecule has 1 aromatic rings. The Hall–Kier alpha value is -0.620. The molecule has 1 aliphatic rings. The smallest absolute Gasteiger partial charge is 0.119 e. The first kappa shape index (κ1) is 15.8. The van der Waals surface area contributed by atoms with Crippen LogP contribution in [0.3, 0.4) is 0 Å². The van der Waals surface area contributed by atoms with E-state index in [0.717, 1.165) is 36.2 Å². The standard InChI is InChI=1S/C15H22BrNO3/c16-13-3-5-15(6-4-13)20-11-14(19)9-17-7-1-2-12(8-17)10-18/h3-6,12,14,18-19H,1-2,7-11H2. The van der Waals surface area contributed by atoms with Crippen molar-refractivity contribution in [1.29, 1.82) is 0 Å². The van der Waals surface area contributed by atoms with E-state index in [-0.39, 0.29) is 6.61 Å². The summed E-state index contributed by atoms with van der Waals surface area (Å²) in [5.74, 6) is 1.11. The molecule has 112 valence electrons. The Labute approximate surface area is 128 Å². The van der Waals surface area contributed by atoms with Crippen LogP contribution in [0.25, 0.3) is 0 Å². The second-order valence-corrected chi connectivity index (χ2v) is 6.28. The number of benzene rings is 1. The third kappa shape index (κ3) is 5.05. The second kappa shape index (κ2) is 7.98. The van der Waals surface area contributed by atoms with Crippen LogP contribution in [-0.2, 0) is 0 Å². The lowest BCUT2D eigenvalue weighted by Gasteiger charge is -2.33. The van der Waals surface area contributed by atoms with Gasteiger partial charge >= 0.3 is 0 Å². The molecule has 0 saturated carbocycles. The monoisotopic (exact) mass is 343 g/mol. The summed E-state index contributed by atoms with van der Waals surface area (Å²) in [4.78, 5) is 2.21. The molecule has 2 atom stereocenters. The molecule has 20 heavy (non-hydrogen) atoms. The molecule has 4 nitrogen and oxygen atoms in total. The largest absolute Gasteiger partial charge is 0.491 e. The van der Waals surface area contributed by atoms with Crippen LogP contribution in [0.4, 0.5) is 0 Å². The fourth-order valence-corrected chi connectivity index (χ4v) is 2.80. The summed E-state index contributed by atoms with van der Waals surface area (Å²) in [5.41, 5.74) is 0. The van der Waals surface area contributed by atoms with E-state index in [1.54, 1.807) is 0 Å². The number of halogens is 1. The van der Waals surface area contributed by atoms with Gasteiger partial charge in [-0.15, -0.1) is 0 Å². The minimum absolute atomic E-state index is 0.238. The molecule has 2 N–H and O–H groups in total. The lowest BCUT2D eigenvalue weighted by molar-refractivity contribution is 0.0431. The Balaban J connectivity index is 1.72. The highest BCUT2D eigenvalue weighted by Gasteiger charge is 2.21. The van der Waals surface area contributed by atoms with Crippen LogP contribution in [0.2, 0.25) is 0 Å². The van der Waals surface area contributed by atoms with Crippen LogP contribution < -0.4 is 4.74 Å². The van der Waals surface area contributed by atoms with Gasteiger partial charge in [0.1, 0.15) is 18.5 Å². The fraction of sp³-hybridized carbons (Fsp3) is 0.600. The molecule has 1 aliphatic heterocycles. The highest BCUT2D eigenvalue weighted by atomic mass is 79.9. The number of ether oxygens (including phenoxy) is 1. The molecule has 1 fully saturated rings. The molecule has 0 bridgehead atoms. The van der Waals surface area contributed by atoms with Crippen molar-refractivity contribution in [3.05, 3.63) is 28.7 Å². The van der Waals surface area contributed by atoms with Crippen LogP contribution in [0, 0.1) is 5.92 Å². The van der Waals surface area contributed by atoms with Gasteiger partial charge in [0.05, 0.1) is 0 Å². The predicted octanol–water partition coefficient (Wildman–Crippen LogP) is 1.89. The van der Waals surface area contributed by atoms with Crippen molar-refractivity contribution in [3.63, 3.8) is 0 Å². The summed E-state index contributed by atoms with van der Waals surface area (Å²) >= 11 is 3.37. The van der Waals surface area contributed by atoms with Gasteiger partial charge in [-0.1, -0.05) is 15.9 Å². The van der Waals surface area contributed by atoms with Crippen molar-refractivity contribution in [2.24, 2.45) is 5.92 Å². The van der Waals surface area contributed by atoms with Gasteiger partial charge in [0.15, 0.2) is 0 Å². The summed E-state index contributed by atoms with van der Waals surface area (Å²) in [6.45, 7) is 2.99. The van der Waals surface area contributed by atoms with Gasteiger partial charge in [0.2, 0.25) is 0 Å². The van der Waals surface area contributed by atoms with Crippen LogP contribution in [0.1, 0.15) is 12.8 Å². The van der Waals surface area contributed by atoms with Gasteiger partial charge in [-0.05, 0) is 49.6 Å². The number of piperidine rings is 1. The van der Waals surface area contributed by atoms with E-state index >= 15 is 0 Å². The SMILES string of the molecule is OCC1CCCN(CC(O)COc2ccc(Br)cc2)C1. The maximum absolute atomic E-state index is 10.0. The van der Waals surface area contributed by atoms with Crippen LogP contribution in [0.15, 0.2) is 28.7 Å². The van der Waals surface area contributed by atoms with E-state index in [4.69, 9.17) is 4.74 Å². The van der Waals surface area contributed by atoms with Crippen molar-refractivity contribution in [2.45, 2.75) is 18.9 Å². The summed E-state index contributed by atoms with van der Waals surface area (Å²) in [6.07, 6.45) is 1.67. The molecule has 1 heterocycles. The van der Waals surface area contributed by atoms with Gasteiger partial charge in [0, 0.05) is 24.2 Å². The number of nitrogens with zero attached hydrogens (tertiary/aromatic N) is 1. The van der Waals surface area contributed by atoms with E-state index in [9.17, 15) is 10.2 Å². The number of β-amino-alcohol motifs (C(OH)–C–C–N with tert-alkyl or cyclic N) is 1. The minimum atomic E-state index is -0.504. The first-order chi connectivity index (χ1) is 9.67. The molecule has 1 saturated heterocycles. The van der Waals surface area contributed by atoms with Crippen molar-refractivity contribution < 1.29 is 14.9 Å². The molecule has 0 amide bonds. The lowest BCUT2D eigenvalue weighted by atomic mass is 9.99. The summed E-state index contributed by atoms with van der Waals surface area (Å²) < 4.78 is 6.58. The Kier molecular flexibility index (Phi) is 6.29. The predicted molar refractivity (Wildman–Crippen MR) is 81.9 cm³/mol. The summed E-state index contributed by atoms with van der Waals surface area (Å²) in [7, 11) is 0. The van der Waals surface area contributed by atoms with E-state index in [1.807, 2.05) is 24.3 Å².